The Hall–Kier alpha value is -1.56. The van der Waals surface area contributed by atoms with Crippen molar-refractivity contribution < 1.29 is 10.0 Å². The quantitative estimate of drug-likeness (QED) is 0.319. The third-order valence-corrected chi connectivity index (χ3v) is 3.70. The third kappa shape index (κ3) is 3.73. The smallest absolute Gasteiger partial charge is 0.261 e. The van der Waals surface area contributed by atoms with Gasteiger partial charge in [0.1, 0.15) is 5.84 Å². The number of amidine groups is 1. The van der Waals surface area contributed by atoms with Gasteiger partial charge < -0.3 is 16.3 Å². The summed E-state index contributed by atoms with van der Waals surface area (Å²) < 4.78 is 0. The number of nitrogens with one attached hydrogen (secondary N) is 1. The van der Waals surface area contributed by atoms with Crippen LogP contribution in [0.25, 0.3) is 0 Å². The number of rotatable bonds is 6. The van der Waals surface area contributed by atoms with Crippen LogP contribution in [0.4, 0.5) is 0 Å². The number of nitrogens with zero attached hydrogens (tertiary/aromatic N) is 1. The summed E-state index contributed by atoms with van der Waals surface area (Å²) in [6.07, 6.45) is 1.92. The monoisotopic (exact) mass is 269 g/mol. The van der Waals surface area contributed by atoms with Crippen molar-refractivity contribution in [3.8, 4) is 0 Å². The van der Waals surface area contributed by atoms with Crippen LogP contribution in [0.15, 0.2) is 16.6 Å². The summed E-state index contributed by atoms with van der Waals surface area (Å²) in [5.74, 6) is 0.0449. The molecule has 0 saturated carbocycles. The number of thiophene rings is 1. The molecule has 0 aromatic carbocycles. The molecule has 1 unspecified atom stereocenters. The van der Waals surface area contributed by atoms with E-state index in [2.05, 4.69) is 10.5 Å². The fourth-order valence-corrected chi connectivity index (χ4v) is 2.55. The van der Waals surface area contributed by atoms with Crippen LogP contribution in [-0.2, 0) is 6.42 Å². The first-order valence-electron chi connectivity index (χ1n) is 5.95. The van der Waals surface area contributed by atoms with E-state index in [1.54, 1.807) is 0 Å². The van der Waals surface area contributed by atoms with Crippen LogP contribution >= 0.6 is 11.3 Å². The summed E-state index contributed by atoms with van der Waals surface area (Å²) in [7, 11) is 0. The van der Waals surface area contributed by atoms with E-state index in [0.717, 1.165) is 23.3 Å². The Morgan fingerprint density at radius 3 is 2.89 bits per heavy atom. The highest BCUT2D eigenvalue weighted by Crippen LogP contribution is 2.17. The molecule has 0 radical (unpaired) electrons. The van der Waals surface area contributed by atoms with Crippen molar-refractivity contribution in [2.45, 2.75) is 39.2 Å². The molecule has 1 aromatic rings. The molecule has 5 nitrogen and oxygen atoms in total. The predicted molar refractivity (Wildman–Crippen MR) is 73.3 cm³/mol. The van der Waals surface area contributed by atoms with Gasteiger partial charge >= 0.3 is 0 Å². The number of oxime groups is 1. The molecule has 6 heteroatoms. The second kappa shape index (κ2) is 7.00. The lowest BCUT2D eigenvalue weighted by Gasteiger charge is -2.16. The minimum atomic E-state index is -0.111. The molecule has 0 aliphatic rings. The molecule has 0 aliphatic carbocycles. The van der Waals surface area contributed by atoms with Crippen LogP contribution in [-0.4, -0.2) is 23.0 Å². The molecule has 1 amide bonds. The molecule has 1 rings (SSSR count). The zero-order valence-electron chi connectivity index (χ0n) is 10.6. The number of carbonyl (C=O) groups is 1. The number of aryl methyl sites for hydroxylation is 1. The first-order chi connectivity index (χ1) is 8.62. The van der Waals surface area contributed by atoms with Crippen molar-refractivity contribution >= 4 is 23.1 Å². The van der Waals surface area contributed by atoms with Gasteiger partial charge in [0, 0.05) is 12.5 Å². The molecular weight excluding hydrogens is 250 g/mol. The summed E-state index contributed by atoms with van der Waals surface area (Å²) in [4.78, 5) is 12.8. The van der Waals surface area contributed by atoms with Gasteiger partial charge in [0.05, 0.1) is 4.88 Å². The van der Waals surface area contributed by atoms with Crippen LogP contribution < -0.4 is 11.1 Å². The second-order valence-corrected chi connectivity index (χ2v) is 4.92. The van der Waals surface area contributed by atoms with Crippen LogP contribution in [0, 0.1) is 0 Å². The Bertz CT molecular complexity index is 429. The van der Waals surface area contributed by atoms with E-state index < -0.39 is 0 Å². The number of nitrogens with two attached hydrogens (primary N) is 1. The number of carbonyl (C=O) groups excluding carboxylic acids is 1. The zero-order valence-corrected chi connectivity index (χ0v) is 11.5. The normalized spacial score (nSPS) is 13.3. The fourth-order valence-electron chi connectivity index (χ4n) is 1.65. The summed E-state index contributed by atoms with van der Waals surface area (Å²) in [6.45, 7) is 3.97. The molecule has 0 saturated heterocycles. The Morgan fingerprint density at radius 2 is 2.33 bits per heavy atom. The molecule has 4 N–H and O–H groups in total. The van der Waals surface area contributed by atoms with Crippen molar-refractivity contribution in [2.75, 3.05) is 0 Å². The van der Waals surface area contributed by atoms with Crippen molar-refractivity contribution in [2.24, 2.45) is 10.9 Å². The maximum Gasteiger partial charge on any atom is 0.261 e. The maximum absolute atomic E-state index is 12.1. The minimum absolute atomic E-state index is 0.0839. The van der Waals surface area contributed by atoms with Gasteiger partial charge in [-0.05, 0) is 29.9 Å². The van der Waals surface area contributed by atoms with E-state index >= 15 is 0 Å². The lowest BCUT2D eigenvalue weighted by atomic mass is 10.1. The van der Waals surface area contributed by atoms with Gasteiger partial charge in [-0.1, -0.05) is 19.0 Å². The summed E-state index contributed by atoms with van der Waals surface area (Å²) in [6, 6.07) is 1.85. The van der Waals surface area contributed by atoms with E-state index in [0.29, 0.717) is 6.42 Å². The van der Waals surface area contributed by atoms with Crippen molar-refractivity contribution in [3.05, 3.63) is 21.9 Å². The number of hydrogen-bond acceptors (Lipinski definition) is 4. The second-order valence-electron chi connectivity index (χ2n) is 4.00. The van der Waals surface area contributed by atoms with Gasteiger partial charge in [-0.25, -0.2) is 0 Å². The SMILES string of the molecule is CCc1ccsc1C(=O)NC(CC)CC(N)=NO. The highest BCUT2D eigenvalue weighted by atomic mass is 32.1. The Morgan fingerprint density at radius 1 is 1.61 bits per heavy atom. The average Bonchev–Trinajstić information content (AvgIpc) is 2.85. The molecule has 100 valence electrons. The Balaban J connectivity index is 2.68. The van der Waals surface area contributed by atoms with Crippen LogP contribution in [0.3, 0.4) is 0 Å². The first kappa shape index (κ1) is 14.5. The molecule has 1 heterocycles. The molecule has 0 spiro atoms. The molecule has 18 heavy (non-hydrogen) atoms. The largest absolute Gasteiger partial charge is 0.409 e. The molecule has 0 fully saturated rings. The fraction of sp³-hybridized carbons (Fsp3) is 0.500. The van der Waals surface area contributed by atoms with E-state index in [9.17, 15) is 4.79 Å². The van der Waals surface area contributed by atoms with Gasteiger partial charge in [0.2, 0.25) is 0 Å². The van der Waals surface area contributed by atoms with Gasteiger partial charge in [-0.15, -0.1) is 11.3 Å². The summed E-state index contributed by atoms with van der Waals surface area (Å²) >= 11 is 1.44. The van der Waals surface area contributed by atoms with Crippen molar-refractivity contribution in [3.63, 3.8) is 0 Å². The minimum Gasteiger partial charge on any atom is -0.409 e. The van der Waals surface area contributed by atoms with E-state index in [4.69, 9.17) is 10.9 Å². The van der Waals surface area contributed by atoms with Crippen molar-refractivity contribution in [1.29, 1.82) is 0 Å². The molecule has 0 aliphatic heterocycles. The van der Waals surface area contributed by atoms with E-state index in [-0.39, 0.29) is 17.8 Å². The highest BCUT2D eigenvalue weighted by Gasteiger charge is 2.16. The van der Waals surface area contributed by atoms with Gasteiger partial charge in [-0.3, -0.25) is 4.79 Å². The highest BCUT2D eigenvalue weighted by molar-refractivity contribution is 7.12. The first-order valence-corrected chi connectivity index (χ1v) is 6.83. The summed E-state index contributed by atoms with van der Waals surface area (Å²) in [5, 5.41) is 16.3. The van der Waals surface area contributed by atoms with E-state index in [1.165, 1.54) is 11.3 Å². The van der Waals surface area contributed by atoms with Crippen LogP contribution in [0.1, 0.15) is 41.9 Å². The molecule has 0 bridgehead atoms. The van der Waals surface area contributed by atoms with E-state index in [1.807, 2.05) is 25.3 Å². The maximum atomic E-state index is 12.1. The Labute approximate surface area is 111 Å². The van der Waals surface area contributed by atoms with Gasteiger partial charge in [-0.2, -0.15) is 0 Å². The lowest BCUT2D eigenvalue weighted by Crippen LogP contribution is -2.37. The topological polar surface area (TPSA) is 87.7 Å². The molecule has 1 aromatic heterocycles. The average molecular weight is 269 g/mol. The molecule has 1 atom stereocenters. The zero-order chi connectivity index (χ0) is 13.5. The molecular formula is C12H19N3O2S. The van der Waals surface area contributed by atoms with Crippen LogP contribution in [0.5, 0.6) is 0 Å². The van der Waals surface area contributed by atoms with Gasteiger partial charge in [0.15, 0.2) is 0 Å². The third-order valence-electron chi connectivity index (χ3n) is 2.75. The van der Waals surface area contributed by atoms with Crippen LogP contribution in [0.2, 0.25) is 0 Å². The standard InChI is InChI=1S/C12H19N3O2S/c1-3-8-5-6-18-11(8)12(16)14-9(4-2)7-10(13)15-17/h5-6,9,17H,3-4,7H2,1-2H3,(H2,13,15)(H,14,16). The van der Waals surface area contributed by atoms with Gasteiger partial charge in [0.25, 0.3) is 5.91 Å². The summed E-state index contributed by atoms with van der Waals surface area (Å²) in [5.41, 5.74) is 6.50. The Kier molecular flexibility index (Phi) is 5.64. The predicted octanol–water partition coefficient (Wildman–Crippen LogP) is 1.96. The number of hydrogen-bond donors (Lipinski definition) is 3. The lowest BCUT2D eigenvalue weighted by molar-refractivity contribution is 0.0940. The van der Waals surface area contributed by atoms with Crippen molar-refractivity contribution in [1.82, 2.24) is 5.32 Å². The number of amides is 1.